The van der Waals surface area contributed by atoms with Crippen molar-refractivity contribution < 1.29 is 13.2 Å². The van der Waals surface area contributed by atoms with Gasteiger partial charge in [0.1, 0.15) is 0 Å². The second-order valence-electron chi connectivity index (χ2n) is 3.95. The second-order valence-corrected chi connectivity index (χ2v) is 3.95. The summed E-state index contributed by atoms with van der Waals surface area (Å²) < 4.78 is 36.3. The van der Waals surface area contributed by atoms with Gasteiger partial charge < -0.3 is 0 Å². The molecule has 0 unspecified atom stereocenters. The third-order valence-electron chi connectivity index (χ3n) is 1.74. The highest BCUT2D eigenvalue weighted by atomic mass is 19.4. The van der Waals surface area contributed by atoms with Crippen molar-refractivity contribution in [1.29, 1.82) is 0 Å². The molecule has 0 saturated heterocycles. The lowest BCUT2D eigenvalue weighted by molar-refractivity contribution is -0.0595. The molecule has 2 nitrogen and oxygen atoms in total. The fourth-order valence-corrected chi connectivity index (χ4v) is 0.906. The molecule has 0 fully saturated rings. The number of hydrogen-bond donors (Lipinski definition) is 0. The van der Waals surface area contributed by atoms with Crippen LogP contribution in [0.1, 0.15) is 20.8 Å². The topological polar surface area (TPSA) is 24.7 Å². The predicted octanol–water partition coefficient (Wildman–Crippen LogP) is 2.45. The van der Waals surface area contributed by atoms with Gasteiger partial charge in [0.15, 0.2) is 0 Å². The van der Waals surface area contributed by atoms with E-state index in [2.05, 4.69) is 9.98 Å². The molecule has 0 aromatic heterocycles. The van der Waals surface area contributed by atoms with Crippen LogP contribution in [0.5, 0.6) is 0 Å². The summed E-state index contributed by atoms with van der Waals surface area (Å²) in [5.41, 5.74) is 0.149. The molecule has 0 atom stereocenters. The molecule has 0 aromatic carbocycles. The van der Waals surface area contributed by atoms with Crippen molar-refractivity contribution in [3.05, 3.63) is 0 Å². The van der Waals surface area contributed by atoms with Crippen LogP contribution in [0.25, 0.3) is 0 Å². The Morgan fingerprint density at radius 2 is 1.69 bits per heavy atom. The summed E-state index contributed by atoms with van der Waals surface area (Å²) in [5, 5.41) is 0. The van der Waals surface area contributed by atoms with Gasteiger partial charge in [0.25, 0.3) is 0 Å². The smallest absolute Gasteiger partial charge is 0.256 e. The summed E-state index contributed by atoms with van der Waals surface area (Å²) >= 11 is 0. The number of hydrogen-bond acceptors (Lipinski definition) is 2. The number of halogens is 3. The van der Waals surface area contributed by atoms with Crippen LogP contribution < -0.4 is 0 Å². The highest BCUT2D eigenvalue weighted by molar-refractivity contribution is 6.08. The average Bonchev–Trinajstić information content (AvgIpc) is 2.28. The van der Waals surface area contributed by atoms with Crippen LogP contribution in [0.15, 0.2) is 9.98 Å². The molecule has 0 amide bonds. The molecule has 1 heterocycles. The van der Waals surface area contributed by atoms with Crippen molar-refractivity contribution in [2.75, 3.05) is 6.54 Å². The summed E-state index contributed by atoms with van der Waals surface area (Å²) in [7, 11) is 0. The predicted molar refractivity (Wildman–Crippen MR) is 45.2 cm³/mol. The number of alkyl halides is 3. The molecule has 0 bridgehead atoms. The lowest BCUT2D eigenvalue weighted by Crippen LogP contribution is -2.23. The minimum atomic E-state index is -4.41. The maximum absolute atomic E-state index is 12.1. The first kappa shape index (κ1) is 10.2. The molecular weight excluding hydrogens is 181 g/mol. The lowest BCUT2D eigenvalue weighted by Gasteiger charge is -2.16. The van der Waals surface area contributed by atoms with Crippen LogP contribution in [0, 0.1) is 5.41 Å². The third-order valence-corrected chi connectivity index (χ3v) is 1.74. The molecule has 13 heavy (non-hydrogen) atoms. The van der Waals surface area contributed by atoms with Crippen LogP contribution in [-0.4, -0.2) is 24.3 Å². The first-order valence-corrected chi connectivity index (χ1v) is 3.91. The first-order chi connectivity index (χ1) is 5.71. The van der Waals surface area contributed by atoms with E-state index < -0.39 is 12.0 Å². The van der Waals surface area contributed by atoms with E-state index in [0.29, 0.717) is 5.71 Å². The Kier molecular flexibility index (Phi) is 2.21. The maximum atomic E-state index is 12.1. The summed E-state index contributed by atoms with van der Waals surface area (Å²) in [6, 6.07) is 0. The maximum Gasteiger partial charge on any atom is 0.451 e. The van der Waals surface area contributed by atoms with E-state index in [9.17, 15) is 13.2 Å². The largest absolute Gasteiger partial charge is 0.451 e. The number of rotatable bonds is 0. The molecule has 5 heteroatoms. The number of nitrogens with zero attached hydrogens (tertiary/aromatic N) is 2. The van der Waals surface area contributed by atoms with Crippen molar-refractivity contribution in [2.45, 2.75) is 26.9 Å². The Morgan fingerprint density at radius 3 is 1.92 bits per heavy atom. The highest BCUT2D eigenvalue weighted by Gasteiger charge is 2.39. The Morgan fingerprint density at radius 1 is 1.15 bits per heavy atom. The minimum absolute atomic E-state index is 0.0678. The summed E-state index contributed by atoms with van der Waals surface area (Å²) in [4.78, 5) is 6.82. The van der Waals surface area contributed by atoms with E-state index in [1.165, 1.54) is 0 Å². The fraction of sp³-hybridized carbons (Fsp3) is 0.750. The molecule has 1 aliphatic rings. The molecule has 1 aliphatic heterocycles. The van der Waals surface area contributed by atoms with Crippen molar-refractivity contribution in [1.82, 2.24) is 0 Å². The van der Waals surface area contributed by atoms with Gasteiger partial charge in [0.2, 0.25) is 5.84 Å². The van der Waals surface area contributed by atoms with Gasteiger partial charge in [-0.3, -0.25) is 4.99 Å². The summed E-state index contributed by atoms with van der Waals surface area (Å²) in [6.45, 7) is 5.53. The van der Waals surface area contributed by atoms with Crippen molar-refractivity contribution in [3.8, 4) is 0 Å². The van der Waals surface area contributed by atoms with E-state index in [0.717, 1.165) is 0 Å². The Hall–Kier alpha value is -0.870. The monoisotopic (exact) mass is 192 g/mol. The standard InChI is InChI=1S/C8H11F3N2/c1-7(2,3)5-4-12-6(13-5)8(9,10)11/h4H2,1-3H3. The van der Waals surface area contributed by atoms with Crippen LogP contribution in [0.3, 0.4) is 0 Å². The van der Waals surface area contributed by atoms with Crippen LogP contribution in [0.2, 0.25) is 0 Å². The Bertz CT molecular complexity index is 268. The van der Waals surface area contributed by atoms with Crippen LogP contribution in [-0.2, 0) is 0 Å². The average molecular weight is 192 g/mol. The summed E-state index contributed by atoms with van der Waals surface area (Å²) in [6.07, 6.45) is -4.41. The SMILES string of the molecule is CC(C)(C)C1=NC(C(F)(F)F)=NC1. The van der Waals surface area contributed by atoms with Gasteiger partial charge in [0, 0.05) is 11.1 Å². The third kappa shape index (κ3) is 2.29. The normalized spacial score (nSPS) is 18.6. The molecule has 0 aromatic rings. The van der Waals surface area contributed by atoms with E-state index in [1.54, 1.807) is 0 Å². The van der Waals surface area contributed by atoms with Gasteiger partial charge in [-0.05, 0) is 0 Å². The molecular formula is C8H11F3N2. The fourth-order valence-electron chi connectivity index (χ4n) is 0.906. The quantitative estimate of drug-likeness (QED) is 0.563. The van der Waals surface area contributed by atoms with Crippen molar-refractivity contribution in [3.63, 3.8) is 0 Å². The molecule has 0 N–H and O–H groups in total. The van der Waals surface area contributed by atoms with Gasteiger partial charge >= 0.3 is 6.18 Å². The first-order valence-electron chi connectivity index (χ1n) is 3.91. The van der Waals surface area contributed by atoms with Crippen LogP contribution >= 0.6 is 0 Å². The lowest BCUT2D eigenvalue weighted by atomic mass is 9.90. The van der Waals surface area contributed by atoms with Gasteiger partial charge in [-0.15, -0.1) is 0 Å². The van der Waals surface area contributed by atoms with Gasteiger partial charge in [-0.1, -0.05) is 20.8 Å². The van der Waals surface area contributed by atoms with E-state index >= 15 is 0 Å². The van der Waals surface area contributed by atoms with Crippen molar-refractivity contribution in [2.24, 2.45) is 15.4 Å². The molecule has 1 rings (SSSR count). The minimum Gasteiger partial charge on any atom is -0.256 e. The Balaban J connectivity index is 2.84. The number of amidine groups is 1. The zero-order valence-corrected chi connectivity index (χ0v) is 7.74. The second kappa shape index (κ2) is 2.82. The van der Waals surface area contributed by atoms with E-state index in [4.69, 9.17) is 0 Å². The highest BCUT2D eigenvalue weighted by Crippen LogP contribution is 2.25. The molecule has 0 aliphatic carbocycles. The number of aliphatic imine (C=N–C) groups is 2. The van der Waals surface area contributed by atoms with Crippen molar-refractivity contribution >= 4 is 11.5 Å². The van der Waals surface area contributed by atoms with E-state index in [1.807, 2.05) is 20.8 Å². The molecule has 0 radical (unpaired) electrons. The Labute approximate surface area is 74.6 Å². The van der Waals surface area contributed by atoms with E-state index in [-0.39, 0.29) is 12.0 Å². The molecule has 74 valence electrons. The van der Waals surface area contributed by atoms with Gasteiger partial charge in [-0.2, -0.15) is 13.2 Å². The molecule has 0 spiro atoms. The van der Waals surface area contributed by atoms with Crippen LogP contribution in [0.4, 0.5) is 13.2 Å². The van der Waals surface area contributed by atoms with Gasteiger partial charge in [-0.25, -0.2) is 4.99 Å². The van der Waals surface area contributed by atoms with Gasteiger partial charge in [0.05, 0.1) is 6.54 Å². The summed E-state index contributed by atoms with van der Waals surface area (Å²) in [5.74, 6) is -1.00. The molecule has 0 saturated carbocycles. The zero-order valence-electron chi connectivity index (χ0n) is 7.74. The zero-order chi connectivity index (χ0) is 10.3.